The summed E-state index contributed by atoms with van der Waals surface area (Å²) in [4.78, 5) is 16.6. The summed E-state index contributed by atoms with van der Waals surface area (Å²) in [6.45, 7) is 4.76. The summed E-state index contributed by atoms with van der Waals surface area (Å²) in [7, 11) is 0. The highest BCUT2D eigenvalue weighted by atomic mass is 16.5. The molecule has 1 heterocycles. The number of hydrogen-bond acceptors (Lipinski definition) is 4. The summed E-state index contributed by atoms with van der Waals surface area (Å²) < 4.78 is 7.61. The molecule has 0 radical (unpaired) electrons. The monoisotopic (exact) mass is 453 g/mol. The lowest BCUT2D eigenvalue weighted by Crippen LogP contribution is -2.19. The number of benzene rings is 3. The van der Waals surface area contributed by atoms with Crippen molar-refractivity contribution in [3.05, 3.63) is 114 Å². The normalized spacial score (nSPS) is 11.9. The van der Waals surface area contributed by atoms with Crippen LogP contribution in [0.25, 0.3) is 0 Å². The largest absolute Gasteiger partial charge is 0.457 e. The van der Waals surface area contributed by atoms with Crippen molar-refractivity contribution in [1.29, 1.82) is 0 Å². The van der Waals surface area contributed by atoms with Crippen molar-refractivity contribution >= 4 is 17.3 Å². The number of hydrogen-bond donors (Lipinski definition) is 1. The Morgan fingerprint density at radius 2 is 1.56 bits per heavy atom. The van der Waals surface area contributed by atoms with Gasteiger partial charge in [-0.15, -0.1) is 0 Å². The number of ether oxygens (including phenoxy) is 1. The van der Waals surface area contributed by atoms with Crippen LogP contribution in [0.2, 0.25) is 0 Å². The van der Waals surface area contributed by atoms with Crippen LogP contribution >= 0.6 is 0 Å². The molecule has 0 bridgehead atoms. The molecule has 1 aromatic heterocycles. The quantitative estimate of drug-likeness (QED) is 0.262. The fourth-order valence-electron chi connectivity index (χ4n) is 4.28. The molecule has 1 N–H and O–H groups in total. The predicted octanol–water partition coefficient (Wildman–Crippen LogP) is 7.01. The van der Waals surface area contributed by atoms with E-state index in [-0.39, 0.29) is 18.6 Å². The molecule has 34 heavy (non-hydrogen) atoms. The number of anilines is 2. The van der Waals surface area contributed by atoms with Crippen LogP contribution in [0.1, 0.15) is 54.2 Å². The fraction of sp³-hybridized carbons (Fsp3) is 0.241. The predicted molar refractivity (Wildman–Crippen MR) is 136 cm³/mol. The summed E-state index contributed by atoms with van der Waals surface area (Å²) in [5, 5.41) is 3.41. The zero-order valence-electron chi connectivity index (χ0n) is 19.7. The van der Waals surface area contributed by atoms with E-state index < -0.39 is 0 Å². The van der Waals surface area contributed by atoms with Gasteiger partial charge < -0.3 is 14.6 Å². The van der Waals surface area contributed by atoms with Crippen molar-refractivity contribution < 1.29 is 9.53 Å². The van der Waals surface area contributed by atoms with Gasteiger partial charge in [0.25, 0.3) is 0 Å². The molecule has 0 spiro atoms. The van der Waals surface area contributed by atoms with Gasteiger partial charge in [0.1, 0.15) is 6.61 Å². The molecule has 4 aromatic rings. The third-order valence-corrected chi connectivity index (χ3v) is 6.22. The van der Waals surface area contributed by atoms with Crippen molar-refractivity contribution in [3.63, 3.8) is 0 Å². The average molecular weight is 454 g/mol. The Hall–Kier alpha value is -3.86. The van der Waals surface area contributed by atoms with E-state index in [1.165, 1.54) is 5.56 Å². The highest BCUT2D eigenvalue weighted by molar-refractivity contribution is 5.89. The van der Waals surface area contributed by atoms with Crippen molar-refractivity contribution in [2.45, 2.75) is 39.3 Å². The van der Waals surface area contributed by atoms with Crippen LogP contribution in [0.5, 0.6) is 0 Å². The minimum atomic E-state index is -0.327. The first-order valence-electron chi connectivity index (χ1n) is 11.8. The minimum absolute atomic E-state index is 0.267. The van der Waals surface area contributed by atoms with Gasteiger partial charge >= 0.3 is 5.97 Å². The molecule has 0 fully saturated rings. The Labute approximate surface area is 201 Å². The van der Waals surface area contributed by atoms with Crippen molar-refractivity contribution in [1.82, 2.24) is 9.55 Å². The molecule has 0 aliphatic rings. The smallest absolute Gasteiger partial charge is 0.338 e. The van der Waals surface area contributed by atoms with E-state index in [9.17, 15) is 4.79 Å². The number of carbonyl (C=O) groups is 1. The van der Waals surface area contributed by atoms with Crippen LogP contribution in [0.15, 0.2) is 97.6 Å². The Bertz CT molecular complexity index is 1150. The molecule has 0 saturated heterocycles. The van der Waals surface area contributed by atoms with Crippen LogP contribution in [0.4, 0.5) is 11.4 Å². The minimum Gasteiger partial charge on any atom is -0.457 e. The molecule has 5 heteroatoms. The summed E-state index contributed by atoms with van der Waals surface area (Å²) >= 11 is 0. The van der Waals surface area contributed by atoms with Gasteiger partial charge in [0, 0.05) is 23.8 Å². The first kappa shape index (κ1) is 23.3. The SMILES string of the molecule is CCC(CC)C(c1ccc(Nc2ccc(C(=O)OCc3ccccc3)cc2)cc1)n1ccnc1. The number of nitrogens with zero attached hydrogens (tertiary/aromatic N) is 2. The standard InChI is InChI=1S/C29H31N3O2/c1-3-23(4-2)28(32-19-18-30-21-32)24-10-14-26(15-11-24)31-27-16-12-25(13-17-27)29(33)34-20-22-8-6-5-7-9-22/h5-19,21,23,28,31H,3-4,20H2,1-2H3. The molecule has 4 rings (SSSR count). The molecule has 5 nitrogen and oxygen atoms in total. The van der Waals surface area contributed by atoms with Gasteiger partial charge in [0.2, 0.25) is 0 Å². The third kappa shape index (κ3) is 5.73. The first-order chi connectivity index (χ1) is 16.7. The molecular formula is C29H31N3O2. The Balaban J connectivity index is 1.39. The second-order valence-corrected chi connectivity index (χ2v) is 8.42. The van der Waals surface area contributed by atoms with E-state index in [1.807, 2.05) is 61.2 Å². The van der Waals surface area contributed by atoms with E-state index in [4.69, 9.17) is 4.74 Å². The lowest BCUT2D eigenvalue weighted by Gasteiger charge is -2.27. The lowest BCUT2D eigenvalue weighted by atomic mass is 9.88. The van der Waals surface area contributed by atoms with Gasteiger partial charge in [0.05, 0.1) is 17.9 Å². The maximum absolute atomic E-state index is 12.3. The number of esters is 1. The number of aromatic nitrogens is 2. The molecule has 0 aliphatic carbocycles. The van der Waals surface area contributed by atoms with Crippen LogP contribution in [-0.4, -0.2) is 15.5 Å². The maximum atomic E-state index is 12.3. The molecule has 1 atom stereocenters. The van der Waals surface area contributed by atoms with Crippen molar-refractivity contribution in [2.75, 3.05) is 5.32 Å². The van der Waals surface area contributed by atoms with Crippen molar-refractivity contribution in [2.24, 2.45) is 5.92 Å². The molecule has 1 unspecified atom stereocenters. The second kappa shape index (κ2) is 11.3. The fourth-order valence-corrected chi connectivity index (χ4v) is 4.28. The van der Waals surface area contributed by atoms with E-state index in [2.05, 4.69) is 53.0 Å². The van der Waals surface area contributed by atoms with E-state index in [1.54, 1.807) is 12.1 Å². The lowest BCUT2D eigenvalue weighted by molar-refractivity contribution is 0.0473. The second-order valence-electron chi connectivity index (χ2n) is 8.42. The molecule has 174 valence electrons. The van der Waals surface area contributed by atoms with Gasteiger partial charge in [-0.25, -0.2) is 9.78 Å². The van der Waals surface area contributed by atoms with Crippen LogP contribution in [0.3, 0.4) is 0 Å². The highest BCUT2D eigenvalue weighted by Gasteiger charge is 2.21. The third-order valence-electron chi connectivity index (χ3n) is 6.22. The number of imidazole rings is 1. The van der Waals surface area contributed by atoms with E-state index >= 15 is 0 Å². The molecular weight excluding hydrogens is 422 g/mol. The zero-order chi connectivity index (χ0) is 23.8. The Morgan fingerprint density at radius 1 is 0.912 bits per heavy atom. The van der Waals surface area contributed by atoms with Crippen LogP contribution < -0.4 is 5.32 Å². The van der Waals surface area contributed by atoms with E-state index in [0.29, 0.717) is 11.5 Å². The van der Waals surface area contributed by atoms with Gasteiger partial charge in [-0.3, -0.25) is 0 Å². The van der Waals surface area contributed by atoms with Gasteiger partial charge in [-0.1, -0.05) is 69.2 Å². The first-order valence-corrected chi connectivity index (χ1v) is 11.8. The number of carbonyl (C=O) groups excluding carboxylic acids is 1. The Kier molecular flexibility index (Phi) is 7.76. The molecule has 3 aromatic carbocycles. The molecule has 0 aliphatic heterocycles. The molecule has 0 amide bonds. The number of rotatable bonds is 10. The highest BCUT2D eigenvalue weighted by Crippen LogP contribution is 2.32. The Morgan fingerprint density at radius 3 is 2.15 bits per heavy atom. The van der Waals surface area contributed by atoms with Crippen LogP contribution in [-0.2, 0) is 11.3 Å². The average Bonchev–Trinajstić information content (AvgIpc) is 3.42. The van der Waals surface area contributed by atoms with E-state index in [0.717, 1.165) is 29.8 Å². The van der Waals surface area contributed by atoms with Gasteiger partial charge in [-0.05, 0) is 53.4 Å². The van der Waals surface area contributed by atoms with Crippen LogP contribution in [0, 0.1) is 5.92 Å². The summed E-state index contributed by atoms with van der Waals surface area (Å²) in [6.07, 6.45) is 8.01. The topological polar surface area (TPSA) is 56.1 Å². The van der Waals surface area contributed by atoms with Crippen molar-refractivity contribution in [3.8, 4) is 0 Å². The maximum Gasteiger partial charge on any atom is 0.338 e. The van der Waals surface area contributed by atoms with Gasteiger partial charge in [-0.2, -0.15) is 0 Å². The molecule has 0 saturated carbocycles. The zero-order valence-corrected chi connectivity index (χ0v) is 19.7. The van der Waals surface area contributed by atoms with Gasteiger partial charge in [0.15, 0.2) is 0 Å². The summed E-state index contributed by atoms with van der Waals surface area (Å²) in [5.41, 5.74) is 4.69. The summed E-state index contributed by atoms with van der Waals surface area (Å²) in [5.74, 6) is 0.217. The number of nitrogens with one attached hydrogen (secondary N) is 1. The summed E-state index contributed by atoms with van der Waals surface area (Å²) in [6, 6.07) is 25.9.